The molecule has 0 spiro atoms. The smallest absolute Gasteiger partial charge is 0.406 e. The average Bonchev–Trinajstić information content (AvgIpc) is 3.40. The molecule has 198 valence electrons. The van der Waals surface area contributed by atoms with E-state index in [1.807, 2.05) is 19.9 Å². The summed E-state index contributed by atoms with van der Waals surface area (Å²) in [6, 6.07) is 14.2. The van der Waals surface area contributed by atoms with Crippen LogP contribution in [0.2, 0.25) is 0 Å². The second kappa shape index (κ2) is 9.66. The number of piperazine rings is 1. The molecule has 1 aromatic heterocycles. The number of hydrogen-bond donors (Lipinski definition) is 0. The molecule has 0 N–H and O–H groups in total. The Balaban J connectivity index is 1.24. The van der Waals surface area contributed by atoms with Crippen molar-refractivity contribution in [2.24, 2.45) is 0 Å². The molecule has 12 heteroatoms. The van der Waals surface area contributed by atoms with E-state index in [4.69, 9.17) is 4.18 Å². The zero-order chi connectivity index (χ0) is 26.4. The van der Waals surface area contributed by atoms with E-state index in [0.29, 0.717) is 31.7 Å². The standard InChI is InChI=1S/C25H27F3N4O4S/c1-17-3-9-23(10-4-17)37(33,34)36-22-14-20-15-31(12-11-30(20)16-22)24-13-18(2)32(29-24)19-5-7-21(8-6-19)35-25(26,27)28/h3-10,13,20,22H,11-12,14-16H2,1-2H3/t20-,22+/m0/s1. The number of nitrogens with zero attached hydrogens (tertiary/aromatic N) is 4. The molecule has 2 fully saturated rings. The third-order valence-electron chi connectivity index (χ3n) is 6.66. The van der Waals surface area contributed by atoms with Gasteiger partial charge in [-0.15, -0.1) is 13.2 Å². The number of rotatable bonds is 6. The van der Waals surface area contributed by atoms with E-state index in [9.17, 15) is 21.6 Å². The molecular weight excluding hydrogens is 509 g/mol. The first kappa shape index (κ1) is 25.6. The van der Waals surface area contributed by atoms with E-state index < -0.39 is 22.6 Å². The van der Waals surface area contributed by atoms with Crippen molar-refractivity contribution in [2.75, 3.05) is 31.1 Å². The van der Waals surface area contributed by atoms with Gasteiger partial charge in [0.15, 0.2) is 5.82 Å². The highest BCUT2D eigenvalue weighted by atomic mass is 32.2. The second-order valence-electron chi connectivity index (χ2n) is 9.41. The summed E-state index contributed by atoms with van der Waals surface area (Å²) in [6.07, 6.45) is -4.58. The summed E-state index contributed by atoms with van der Waals surface area (Å²) in [5.41, 5.74) is 2.42. The van der Waals surface area contributed by atoms with Crippen molar-refractivity contribution in [1.82, 2.24) is 14.7 Å². The molecule has 0 unspecified atom stereocenters. The lowest BCUT2D eigenvalue weighted by Gasteiger charge is -2.37. The molecule has 3 aromatic rings. The van der Waals surface area contributed by atoms with Crippen molar-refractivity contribution < 1.29 is 30.5 Å². The quantitative estimate of drug-likeness (QED) is 0.440. The van der Waals surface area contributed by atoms with Crippen LogP contribution in [0.25, 0.3) is 5.69 Å². The summed E-state index contributed by atoms with van der Waals surface area (Å²) >= 11 is 0. The predicted molar refractivity (Wildman–Crippen MR) is 130 cm³/mol. The number of anilines is 1. The first-order valence-corrected chi connectivity index (χ1v) is 13.3. The van der Waals surface area contributed by atoms with E-state index in [0.717, 1.165) is 23.6 Å². The number of alkyl halides is 3. The fourth-order valence-electron chi connectivity index (χ4n) is 4.88. The average molecular weight is 537 g/mol. The van der Waals surface area contributed by atoms with Gasteiger partial charge in [0.2, 0.25) is 0 Å². The molecule has 0 bridgehead atoms. The lowest BCUT2D eigenvalue weighted by atomic mass is 10.1. The van der Waals surface area contributed by atoms with Gasteiger partial charge >= 0.3 is 6.36 Å². The molecule has 2 saturated heterocycles. The summed E-state index contributed by atoms with van der Waals surface area (Å²) in [5.74, 6) is 0.462. The highest BCUT2D eigenvalue weighted by Gasteiger charge is 2.39. The zero-order valence-corrected chi connectivity index (χ0v) is 21.2. The number of ether oxygens (including phenoxy) is 1. The number of halogens is 3. The zero-order valence-electron chi connectivity index (χ0n) is 20.4. The molecule has 0 radical (unpaired) electrons. The minimum Gasteiger partial charge on any atom is -0.406 e. The van der Waals surface area contributed by atoms with Gasteiger partial charge in [0.05, 0.1) is 16.7 Å². The maximum absolute atomic E-state index is 12.7. The Bertz CT molecular complexity index is 1360. The molecule has 37 heavy (non-hydrogen) atoms. The van der Waals surface area contributed by atoms with Crippen molar-refractivity contribution in [2.45, 2.75) is 43.7 Å². The molecular formula is C25H27F3N4O4S. The molecule has 2 aliphatic heterocycles. The maximum Gasteiger partial charge on any atom is 0.573 e. The van der Waals surface area contributed by atoms with Gasteiger partial charge in [-0.2, -0.15) is 13.5 Å². The van der Waals surface area contributed by atoms with E-state index in [2.05, 4.69) is 19.6 Å². The molecule has 8 nitrogen and oxygen atoms in total. The van der Waals surface area contributed by atoms with Gasteiger partial charge in [0.25, 0.3) is 10.1 Å². The lowest BCUT2D eigenvalue weighted by molar-refractivity contribution is -0.274. The van der Waals surface area contributed by atoms with Crippen molar-refractivity contribution >= 4 is 15.9 Å². The van der Waals surface area contributed by atoms with Gasteiger partial charge in [0, 0.05) is 44.0 Å². The van der Waals surface area contributed by atoms with E-state index in [1.165, 1.54) is 24.3 Å². The Hall–Kier alpha value is -3.09. The Kier molecular flexibility index (Phi) is 6.67. The molecule has 5 rings (SSSR count). The number of fused-ring (bicyclic) bond motifs is 1. The Morgan fingerprint density at radius 3 is 2.35 bits per heavy atom. The number of aryl methyl sites for hydroxylation is 2. The van der Waals surface area contributed by atoms with Gasteiger partial charge in [-0.25, -0.2) is 4.68 Å². The van der Waals surface area contributed by atoms with E-state index in [-0.39, 0.29) is 16.7 Å². The third kappa shape index (κ3) is 5.76. The van der Waals surface area contributed by atoms with Gasteiger partial charge in [0.1, 0.15) is 5.75 Å². The Morgan fingerprint density at radius 1 is 0.973 bits per heavy atom. The van der Waals surface area contributed by atoms with Crippen molar-refractivity contribution in [1.29, 1.82) is 0 Å². The first-order chi connectivity index (χ1) is 17.5. The number of hydrogen-bond acceptors (Lipinski definition) is 7. The molecule has 0 saturated carbocycles. The largest absolute Gasteiger partial charge is 0.573 e. The summed E-state index contributed by atoms with van der Waals surface area (Å²) < 4.78 is 74.0. The molecule has 2 atom stereocenters. The second-order valence-corrected chi connectivity index (χ2v) is 11.0. The van der Waals surface area contributed by atoms with Gasteiger partial charge in [-0.1, -0.05) is 17.7 Å². The van der Waals surface area contributed by atoms with Gasteiger partial charge < -0.3 is 9.64 Å². The highest BCUT2D eigenvalue weighted by Crippen LogP contribution is 2.30. The van der Waals surface area contributed by atoms with Crippen LogP contribution < -0.4 is 9.64 Å². The van der Waals surface area contributed by atoms with Crippen molar-refractivity contribution in [3.63, 3.8) is 0 Å². The van der Waals surface area contributed by atoms with Crippen molar-refractivity contribution in [3.05, 3.63) is 65.9 Å². The van der Waals surface area contributed by atoms with E-state index >= 15 is 0 Å². The normalized spacial score (nSPS) is 20.7. The van der Waals surface area contributed by atoms with Crippen LogP contribution in [0, 0.1) is 13.8 Å². The number of aromatic nitrogens is 2. The minimum atomic E-state index is -4.74. The van der Waals surface area contributed by atoms with Crippen LogP contribution >= 0.6 is 0 Å². The Labute approximate surface area is 213 Å². The molecule has 0 aliphatic carbocycles. The van der Waals surface area contributed by atoms with Crippen LogP contribution in [0.3, 0.4) is 0 Å². The fraction of sp³-hybridized carbons (Fsp3) is 0.400. The first-order valence-electron chi connectivity index (χ1n) is 11.9. The van der Waals surface area contributed by atoms with Crippen LogP contribution in [0.1, 0.15) is 17.7 Å². The molecule has 3 heterocycles. The third-order valence-corrected chi connectivity index (χ3v) is 8.04. The highest BCUT2D eigenvalue weighted by molar-refractivity contribution is 7.86. The van der Waals surface area contributed by atoms with Crippen LogP contribution in [-0.2, 0) is 14.3 Å². The summed E-state index contributed by atoms with van der Waals surface area (Å²) in [6.45, 7) is 6.43. The summed E-state index contributed by atoms with van der Waals surface area (Å²) in [4.78, 5) is 4.54. The summed E-state index contributed by atoms with van der Waals surface area (Å²) in [7, 11) is -3.84. The molecule has 2 aliphatic rings. The maximum atomic E-state index is 12.7. The van der Waals surface area contributed by atoms with Crippen LogP contribution in [0.4, 0.5) is 19.0 Å². The monoisotopic (exact) mass is 536 g/mol. The number of benzene rings is 2. The van der Waals surface area contributed by atoms with Crippen LogP contribution in [0.5, 0.6) is 5.75 Å². The van der Waals surface area contributed by atoms with Crippen molar-refractivity contribution in [3.8, 4) is 11.4 Å². The SMILES string of the molecule is Cc1ccc(S(=O)(=O)O[C@@H]2C[C@H]3CN(c4cc(C)n(-c5ccc(OC(F)(F)F)cc5)n4)CCN3C2)cc1. The minimum absolute atomic E-state index is 0.122. The fourth-order valence-corrected chi connectivity index (χ4v) is 5.96. The Morgan fingerprint density at radius 2 is 1.68 bits per heavy atom. The van der Waals surface area contributed by atoms with Crippen LogP contribution in [0.15, 0.2) is 59.5 Å². The van der Waals surface area contributed by atoms with Gasteiger partial charge in [-0.05, 0) is 56.7 Å². The van der Waals surface area contributed by atoms with Gasteiger partial charge in [-0.3, -0.25) is 9.08 Å². The molecule has 0 amide bonds. The van der Waals surface area contributed by atoms with E-state index in [1.54, 1.807) is 28.9 Å². The molecule has 2 aromatic carbocycles. The van der Waals surface area contributed by atoms with Crippen LogP contribution in [-0.4, -0.2) is 67.8 Å². The summed E-state index contributed by atoms with van der Waals surface area (Å²) in [5, 5.41) is 4.68. The lowest BCUT2D eigenvalue weighted by Crippen LogP contribution is -2.50. The predicted octanol–water partition coefficient (Wildman–Crippen LogP) is 4.06. The topological polar surface area (TPSA) is 76.9 Å².